The molecule has 0 saturated heterocycles. The van der Waals surface area contributed by atoms with Crippen LogP contribution < -0.4 is 10.1 Å². The van der Waals surface area contributed by atoms with E-state index in [1.54, 1.807) is 24.3 Å². The van der Waals surface area contributed by atoms with E-state index < -0.39 is 24.0 Å². The zero-order valence-corrected chi connectivity index (χ0v) is 14.3. The van der Waals surface area contributed by atoms with Crippen LogP contribution in [0.25, 0.3) is 6.08 Å². The van der Waals surface area contributed by atoms with Crippen LogP contribution in [-0.2, 0) is 16.2 Å². The molecule has 1 amide bonds. The average Bonchev–Trinajstić information content (AvgIpc) is 2.63. The quantitative estimate of drug-likeness (QED) is 0.631. The van der Waals surface area contributed by atoms with Gasteiger partial charge in [-0.1, -0.05) is 42.5 Å². The Morgan fingerprint density at radius 3 is 2.54 bits per heavy atom. The summed E-state index contributed by atoms with van der Waals surface area (Å²) >= 11 is 0. The van der Waals surface area contributed by atoms with Crippen molar-refractivity contribution in [1.29, 1.82) is 0 Å². The van der Waals surface area contributed by atoms with Gasteiger partial charge in [-0.05, 0) is 36.3 Å². The predicted octanol–water partition coefficient (Wildman–Crippen LogP) is 2.23. The molecule has 2 aromatic carbocycles. The second-order valence-electron chi connectivity index (χ2n) is 5.75. The third kappa shape index (κ3) is 6.07. The van der Waals surface area contributed by atoms with Crippen LogP contribution in [0.2, 0.25) is 0 Å². The summed E-state index contributed by atoms with van der Waals surface area (Å²) in [6.45, 7) is 1.74. The minimum absolute atomic E-state index is 0.434. The maximum absolute atomic E-state index is 11.8. The lowest BCUT2D eigenvalue weighted by Gasteiger charge is -2.15. The van der Waals surface area contributed by atoms with Gasteiger partial charge in [0.1, 0.15) is 12.4 Å². The highest BCUT2D eigenvalue weighted by Gasteiger charge is 2.23. The number of hydrogen-bond donors (Lipinski definition) is 3. The van der Waals surface area contributed by atoms with Crippen LogP contribution in [0, 0.1) is 0 Å². The first-order valence-corrected chi connectivity index (χ1v) is 8.12. The van der Waals surface area contributed by atoms with Gasteiger partial charge in [0.25, 0.3) is 0 Å². The molecule has 2 atom stereocenters. The molecule has 0 bridgehead atoms. The second-order valence-corrected chi connectivity index (χ2v) is 5.75. The number of aliphatic hydroxyl groups excluding tert-OH is 1. The molecule has 0 aliphatic rings. The summed E-state index contributed by atoms with van der Waals surface area (Å²) < 4.78 is 5.72. The molecule has 2 unspecified atom stereocenters. The van der Waals surface area contributed by atoms with Crippen molar-refractivity contribution < 1.29 is 24.5 Å². The van der Waals surface area contributed by atoms with Crippen molar-refractivity contribution in [3.63, 3.8) is 0 Å². The molecule has 0 saturated carbocycles. The third-order valence-corrected chi connectivity index (χ3v) is 3.58. The zero-order valence-electron chi connectivity index (χ0n) is 14.3. The van der Waals surface area contributed by atoms with Crippen molar-refractivity contribution >= 4 is 18.0 Å². The first-order valence-electron chi connectivity index (χ1n) is 8.12. The van der Waals surface area contributed by atoms with Gasteiger partial charge in [0, 0.05) is 6.08 Å². The first kappa shape index (κ1) is 19.2. The second kappa shape index (κ2) is 9.39. The summed E-state index contributed by atoms with van der Waals surface area (Å²) in [4.78, 5) is 22.8. The summed E-state index contributed by atoms with van der Waals surface area (Å²) in [5.74, 6) is -1.24. The van der Waals surface area contributed by atoms with E-state index in [0.29, 0.717) is 12.4 Å². The lowest BCUT2D eigenvalue weighted by molar-refractivity contribution is -0.144. The SMILES string of the molecule is CC(O)C(NC(=O)/C=C/c1cccc(OCc2ccccc2)c1)C(=O)O. The highest BCUT2D eigenvalue weighted by Crippen LogP contribution is 2.16. The Morgan fingerprint density at radius 1 is 1.15 bits per heavy atom. The number of benzene rings is 2. The standard InChI is InChI=1S/C20H21NO5/c1-14(22)19(20(24)25)21-18(23)11-10-15-8-5-9-17(12-15)26-13-16-6-3-2-4-7-16/h2-12,14,19,22H,13H2,1H3,(H,21,23)(H,24,25)/b11-10+. The Labute approximate surface area is 151 Å². The topological polar surface area (TPSA) is 95.9 Å². The third-order valence-electron chi connectivity index (χ3n) is 3.58. The average molecular weight is 355 g/mol. The summed E-state index contributed by atoms with van der Waals surface area (Å²) in [6.07, 6.45) is 1.57. The van der Waals surface area contributed by atoms with Crippen LogP contribution in [-0.4, -0.2) is 34.2 Å². The molecule has 6 nitrogen and oxygen atoms in total. The van der Waals surface area contributed by atoms with E-state index in [-0.39, 0.29) is 0 Å². The van der Waals surface area contributed by atoms with Crippen molar-refractivity contribution in [2.45, 2.75) is 25.7 Å². The zero-order chi connectivity index (χ0) is 18.9. The van der Waals surface area contributed by atoms with E-state index in [9.17, 15) is 14.7 Å². The Morgan fingerprint density at radius 2 is 1.88 bits per heavy atom. The van der Waals surface area contributed by atoms with Gasteiger partial charge in [-0.3, -0.25) is 4.79 Å². The van der Waals surface area contributed by atoms with Gasteiger partial charge >= 0.3 is 5.97 Å². The van der Waals surface area contributed by atoms with Gasteiger partial charge < -0.3 is 20.3 Å². The fraction of sp³-hybridized carbons (Fsp3) is 0.200. The van der Waals surface area contributed by atoms with E-state index in [4.69, 9.17) is 9.84 Å². The number of aliphatic hydroxyl groups is 1. The minimum Gasteiger partial charge on any atom is -0.489 e. The largest absolute Gasteiger partial charge is 0.489 e. The monoisotopic (exact) mass is 355 g/mol. The molecule has 0 spiro atoms. The van der Waals surface area contributed by atoms with E-state index in [1.165, 1.54) is 13.0 Å². The number of nitrogens with one attached hydrogen (secondary N) is 1. The maximum Gasteiger partial charge on any atom is 0.328 e. The van der Waals surface area contributed by atoms with Crippen molar-refractivity contribution in [2.24, 2.45) is 0 Å². The van der Waals surface area contributed by atoms with Crippen LogP contribution in [0.5, 0.6) is 5.75 Å². The molecule has 0 heterocycles. The fourth-order valence-corrected chi connectivity index (χ4v) is 2.21. The molecule has 136 valence electrons. The number of carboxylic acid groups (broad SMARTS) is 1. The number of carbonyl (C=O) groups is 2. The highest BCUT2D eigenvalue weighted by molar-refractivity contribution is 5.94. The molecule has 0 aromatic heterocycles. The Balaban J connectivity index is 1.95. The van der Waals surface area contributed by atoms with Crippen molar-refractivity contribution in [3.8, 4) is 5.75 Å². The van der Waals surface area contributed by atoms with Gasteiger partial charge in [0.2, 0.25) is 5.91 Å². The number of amides is 1. The Bertz CT molecular complexity index is 771. The van der Waals surface area contributed by atoms with Crippen LogP contribution in [0.15, 0.2) is 60.7 Å². The molecule has 2 rings (SSSR count). The van der Waals surface area contributed by atoms with Crippen LogP contribution in [0.3, 0.4) is 0 Å². The molecule has 0 aliphatic carbocycles. The molecule has 3 N–H and O–H groups in total. The number of rotatable bonds is 8. The van der Waals surface area contributed by atoms with Crippen molar-refractivity contribution in [3.05, 3.63) is 71.8 Å². The summed E-state index contributed by atoms with van der Waals surface area (Å²) in [6, 6.07) is 15.6. The molecular formula is C20H21NO5. The lowest BCUT2D eigenvalue weighted by atomic mass is 10.1. The molecular weight excluding hydrogens is 334 g/mol. The normalized spacial score (nSPS) is 13.2. The van der Waals surface area contributed by atoms with Gasteiger partial charge in [0.15, 0.2) is 6.04 Å². The first-order chi connectivity index (χ1) is 12.5. The van der Waals surface area contributed by atoms with Gasteiger partial charge in [0.05, 0.1) is 6.10 Å². The molecule has 0 fully saturated rings. The summed E-state index contributed by atoms with van der Waals surface area (Å²) in [7, 11) is 0. The predicted molar refractivity (Wildman–Crippen MR) is 97.5 cm³/mol. The van der Waals surface area contributed by atoms with E-state index in [1.807, 2.05) is 36.4 Å². The van der Waals surface area contributed by atoms with E-state index >= 15 is 0 Å². The fourth-order valence-electron chi connectivity index (χ4n) is 2.21. The number of ether oxygens (including phenoxy) is 1. The molecule has 26 heavy (non-hydrogen) atoms. The molecule has 6 heteroatoms. The Kier molecular flexibility index (Phi) is 6.93. The lowest BCUT2D eigenvalue weighted by Crippen LogP contribution is -2.47. The van der Waals surface area contributed by atoms with Crippen molar-refractivity contribution in [2.75, 3.05) is 0 Å². The number of hydrogen-bond acceptors (Lipinski definition) is 4. The van der Waals surface area contributed by atoms with Gasteiger partial charge in [-0.2, -0.15) is 0 Å². The molecule has 0 aliphatic heterocycles. The Hall–Kier alpha value is -3.12. The number of carbonyl (C=O) groups excluding carboxylic acids is 1. The molecule has 0 radical (unpaired) electrons. The van der Waals surface area contributed by atoms with Crippen molar-refractivity contribution in [1.82, 2.24) is 5.32 Å². The molecule has 2 aromatic rings. The highest BCUT2D eigenvalue weighted by atomic mass is 16.5. The van der Waals surface area contributed by atoms with E-state index in [0.717, 1.165) is 11.1 Å². The number of carboxylic acids is 1. The smallest absolute Gasteiger partial charge is 0.328 e. The summed E-state index contributed by atoms with van der Waals surface area (Å²) in [5.41, 5.74) is 1.78. The number of aliphatic carboxylic acids is 1. The summed E-state index contributed by atoms with van der Waals surface area (Å²) in [5, 5.41) is 20.6. The van der Waals surface area contributed by atoms with Gasteiger partial charge in [-0.25, -0.2) is 4.79 Å². The minimum atomic E-state index is -1.35. The van der Waals surface area contributed by atoms with Crippen LogP contribution in [0.4, 0.5) is 0 Å². The maximum atomic E-state index is 11.8. The van der Waals surface area contributed by atoms with Crippen LogP contribution in [0.1, 0.15) is 18.1 Å². The van der Waals surface area contributed by atoms with E-state index in [2.05, 4.69) is 5.32 Å². The van der Waals surface area contributed by atoms with Crippen LogP contribution >= 0.6 is 0 Å². The van der Waals surface area contributed by atoms with Gasteiger partial charge in [-0.15, -0.1) is 0 Å².